The van der Waals surface area contributed by atoms with Gasteiger partial charge in [-0.2, -0.15) is 0 Å². The summed E-state index contributed by atoms with van der Waals surface area (Å²) in [6.45, 7) is 5.50. The van der Waals surface area contributed by atoms with E-state index in [2.05, 4.69) is 0 Å². The van der Waals surface area contributed by atoms with E-state index in [0.29, 0.717) is 12.8 Å². The summed E-state index contributed by atoms with van der Waals surface area (Å²) in [6, 6.07) is 0. The number of hydrogen-bond acceptors (Lipinski definition) is 4. The molecule has 0 aromatic heterocycles. The Morgan fingerprint density at radius 3 is 2.18 bits per heavy atom. The molecule has 0 spiro atoms. The zero-order valence-electron chi connectivity index (χ0n) is 10.9. The van der Waals surface area contributed by atoms with E-state index in [9.17, 15) is 14.4 Å². The van der Waals surface area contributed by atoms with E-state index in [1.807, 2.05) is 13.8 Å². The van der Waals surface area contributed by atoms with Crippen LogP contribution in [0.1, 0.15) is 33.6 Å². The summed E-state index contributed by atoms with van der Waals surface area (Å²) < 4.78 is 4.70. The van der Waals surface area contributed by atoms with E-state index in [0.717, 1.165) is 0 Å². The van der Waals surface area contributed by atoms with Crippen molar-refractivity contribution in [2.45, 2.75) is 33.6 Å². The minimum absolute atomic E-state index is 0.0236. The number of rotatable bonds is 3. The molecule has 0 aliphatic heterocycles. The molecule has 0 saturated heterocycles. The molecule has 0 N–H and O–H groups in total. The summed E-state index contributed by atoms with van der Waals surface area (Å²) in [7, 11) is 1.28. The van der Waals surface area contributed by atoms with Crippen LogP contribution in [-0.2, 0) is 19.1 Å². The monoisotopic (exact) mass is 240 g/mol. The normalized spacial score (nSPS) is 33.6. The Morgan fingerprint density at radius 1 is 1.18 bits per heavy atom. The predicted molar refractivity (Wildman–Crippen MR) is 62.2 cm³/mol. The van der Waals surface area contributed by atoms with Gasteiger partial charge in [0.15, 0.2) is 5.78 Å². The van der Waals surface area contributed by atoms with Gasteiger partial charge < -0.3 is 4.74 Å². The Labute approximate surface area is 102 Å². The Bertz CT molecular complexity index is 334. The van der Waals surface area contributed by atoms with Crippen LogP contribution in [0.2, 0.25) is 0 Å². The Balaban J connectivity index is 3.11. The second kappa shape index (κ2) is 5.43. The van der Waals surface area contributed by atoms with Gasteiger partial charge in [0.05, 0.1) is 13.0 Å². The third-order valence-electron chi connectivity index (χ3n) is 3.85. The van der Waals surface area contributed by atoms with Gasteiger partial charge in [0.1, 0.15) is 11.7 Å². The van der Waals surface area contributed by atoms with Gasteiger partial charge in [0, 0.05) is 5.92 Å². The molecule has 4 nitrogen and oxygen atoms in total. The van der Waals surface area contributed by atoms with Crippen molar-refractivity contribution < 1.29 is 19.1 Å². The summed E-state index contributed by atoms with van der Waals surface area (Å²) in [5.74, 6) is -2.63. The smallest absolute Gasteiger partial charge is 0.316 e. The van der Waals surface area contributed by atoms with E-state index in [1.165, 1.54) is 7.11 Å². The molecule has 17 heavy (non-hydrogen) atoms. The van der Waals surface area contributed by atoms with Crippen molar-refractivity contribution in [2.24, 2.45) is 23.7 Å². The SMILES string of the molecule is CCC1C(=O)C(C)C(CC)C(C(=O)OC)C1=O. The second-order valence-corrected chi connectivity index (χ2v) is 4.63. The molecule has 0 radical (unpaired) electrons. The standard InChI is InChI=1S/C13H20O4/c1-5-8-7(3)11(14)9(6-2)12(15)10(8)13(16)17-4/h7-10H,5-6H2,1-4H3. The average Bonchev–Trinajstić information content (AvgIpc) is 2.33. The summed E-state index contributed by atoms with van der Waals surface area (Å²) in [4.78, 5) is 35.9. The van der Waals surface area contributed by atoms with Crippen molar-refractivity contribution in [1.29, 1.82) is 0 Å². The molecule has 0 aromatic carbocycles. The lowest BCUT2D eigenvalue weighted by atomic mass is 9.65. The van der Waals surface area contributed by atoms with Gasteiger partial charge in [-0.25, -0.2) is 0 Å². The van der Waals surface area contributed by atoms with E-state index in [-0.39, 0.29) is 23.4 Å². The number of hydrogen-bond donors (Lipinski definition) is 0. The number of methoxy groups -OCH3 is 1. The van der Waals surface area contributed by atoms with E-state index >= 15 is 0 Å². The summed E-state index contributed by atoms with van der Waals surface area (Å²) >= 11 is 0. The van der Waals surface area contributed by atoms with Gasteiger partial charge in [-0.05, 0) is 12.3 Å². The number of Topliss-reactive ketones (excluding diaryl/α,β-unsaturated/α-hetero) is 2. The maximum absolute atomic E-state index is 12.2. The zero-order valence-corrected chi connectivity index (χ0v) is 10.9. The lowest BCUT2D eigenvalue weighted by Crippen LogP contribution is -2.49. The van der Waals surface area contributed by atoms with Crippen LogP contribution in [0.5, 0.6) is 0 Å². The molecule has 0 amide bonds. The fourth-order valence-electron chi connectivity index (χ4n) is 2.79. The van der Waals surface area contributed by atoms with E-state index in [1.54, 1.807) is 6.92 Å². The molecule has 0 bridgehead atoms. The van der Waals surface area contributed by atoms with Gasteiger partial charge in [-0.3, -0.25) is 14.4 Å². The highest BCUT2D eigenvalue weighted by molar-refractivity contribution is 6.13. The molecule has 1 rings (SSSR count). The van der Waals surface area contributed by atoms with Crippen LogP contribution in [-0.4, -0.2) is 24.6 Å². The summed E-state index contributed by atoms with van der Waals surface area (Å²) in [5.41, 5.74) is 0. The topological polar surface area (TPSA) is 60.4 Å². The summed E-state index contributed by atoms with van der Waals surface area (Å²) in [5, 5.41) is 0. The van der Waals surface area contributed by atoms with Crippen LogP contribution in [0.15, 0.2) is 0 Å². The van der Waals surface area contributed by atoms with Gasteiger partial charge in [0.2, 0.25) is 0 Å². The first kappa shape index (κ1) is 13.9. The first-order valence-electron chi connectivity index (χ1n) is 6.14. The van der Waals surface area contributed by atoms with Crippen molar-refractivity contribution in [3.8, 4) is 0 Å². The van der Waals surface area contributed by atoms with Crippen LogP contribution in [0.4, 0.5) is 0 Å². The second-order valence-electron chi connectivity index (χ2n) is 4.63. The largest absolute Gasteiger partial charge is 0.468 e. The first-order chi connectivity index (χ1) is 7.99. The number of esters is 1. The molecule has 4 atom stereocenters. The molecular weight excluding hydrogens is 220 g/mol. The molecule has 1 saturated carbocycles. The van der Waals surface area contributed by atoms with Crippen LogP contribution >= 0.6 is 0 Å². The van der Waals surface area contributed by atoms with Crippen molar-refractivity contribution >= 4 is 17.5 Å². The van der Waals surface area contributed by atoms with Gasteiger partial charge in [-0.1, -0.05) is 27.2 Å². The van der Waals surface area contributed by atoms with Crippen molar-refractivity contribution in [2.75, 3.05) is 7.11 Å². The molecule has 4 unspecified atom stereocenters. The summed E-state index contributed by atoms with van der Waals surface area (Å²) in [6.07, 6.45) is 1.10. The van der Waals surface area contributed by atoms with Crippen molar-refractivity contribution in [1.82, 2.24) is 0 Å². The van der Waals surface area contributed by atoms with Gasteiger partial charge in [-0.15, -0.1) is 0 Å². The number of carbonyl (C=O) groups excluding carboxylic acids is 3. The maximum atomic E-state index is 12.2. The molecule has 1 aliphatic carbocycles. The first-order valence-corrected chi connectivity index (χ1v) is 6.14. The van der Waals surface area contributed by atoms with Crippen LogP contribution in [0.3, 0.4) is 0 Å². The number of ether oxygens (including phenoxy) is 1. The fourth-order valence-corrected chi connectivity index (χ4v) is 2.79. The Hall–Kier alpha value is -1.19. The highest BCUT2D eigenvalue weighted by Gasteiger charge is 2.49. The van der Waals surface area contributed by atoms with Crippen LogP contribution in [0, 0.1) is 23.7 Å². The highest BCUT2D eigenvalue weighted by Crippen LogP contribution is 2.37. The Morgan fingerprint density at radius 2 is 1.76 bits per heavy atom. The molecular formula is C13H20O4. The Kier molecular flexibility index (Phi) is 4.43. The molecule has 0 aromatic rings. The molecule has 1 aliphatic rings. The highest BCUT2D eigenvalue weighted by atomic mass is 16.5. The van der Waals surface area contributed by atoms with Gasteiger partial charge in [0.25, 0.3) is 0 Å². The third kappa shape index (κ3) is 2.26. The number of carbonyl (C=O) groups is 3. The predicted octanol–water partition coefficient (Wildman–Crippen LogP) is 1.62. The molecule has 0 heterocycles. The molecule has 96 valence electrons. The fraction of sp³-hybridized carbons (Fsp3) is 0.769. The maximum Gasteiger partial charge on any atom is 0.316 e. The quantitative estimate of drug-likeness (QED) is 0.555. The van der Waals surface area contributed by atoms with Crippen LogP contribution in [0.25, 0.3) is 0 Å². The van der Waals surface area contributed by atoms with E-state index < -0.39 is 17.8 Å². The van der Waals surface area contributed by atoms with Crippen LogP contribution < -0.4 is 0 Å². The lowest BCUT2D eigenvalue weighted by Gasteiger charge is -2.36. The third-order valence-corrected chi connectivity index (χ3v) is 3.85. The van der Waals surface area contributed by atoms with E-state index in [4.69, 9.17) is 4.74 Å². The molecule has 1 fully saturated rings. The lowest BCUT2D eigenvalue weighted by molar-refractivity contribution is -0.159. The van der Waals surface area contributed by atoms with Crippen molar-refractivity contribution in [3.05, 3.63) is 0 Å². The zero-order chi connectivity index (χ0) is 13.2. The number of ketones is 2. The van der Waals surface area contributed by atoms with Gasteiger partial charge >= 0.3 is 5.97 Å². The molecule has 4 heteroatoms. The minimum atomic E-state index is -0.761. The average molecular weight is 240 g/mol. The minimum Gasteiger partial charge on any atom is -0.468 e. The van der Waals surface area contributed by atoms with Crippen molar-refractivity contribution in [3.63, 3.8) is 0 Å².